The summed E-state index contributed by atoms with van der Waals surface area (Å²) < 4.78 is 16.9. The Balaban J connectivity index is 1.61. The summed E-state index contributed by atoms with van der Waals surface area (Å²) in [6.07, 6.45) is 9.68. The molecular weight excluding hydrogens is 304 g/mol. The third-order valence-corrected chi connectivity index (χ3v) is 7.09. The minimum Gasteiger partial charge on any atom is -0.501 e. The SMILES string of the molecule is COC(=C1C2CC3CC(C2)CC1C3)C1CC(OC)CC(OC=O)C1. The molecule has 4 nitrogen and oxygen atoms in total. The maximum Gasteiger partial charge on any atom is 0.293 e. The van der Waals surface area contributed by atoms with Gasteiger partial charge in [-0.25, -0.2) is 0 Å². The van der Waals surface area contributed by atoms with Gasteiger partial charge >= 0.3 is 0 Å². The van der Waals surface area contributed by atoms with Crippen LogP contribution in [-0.2, 0) is 19.0 Å². The second kappa shape index (κ2) is 6.70. The normalized spacial score (nSPS) is 43.6. The van der Waals surface area contributed by atoms with Crippen LogP contribution in [0.5, 0.6) is 0 Å². The summed E-state index contributed by atoms with van der Waals surface area (Å²) in [5.74, 6) is 4.93. The van der Waals surface area contributed by atoms with E-state index in [0.29, 0.717) is 12.4 Å². The monoisotopic (exact) mass is 334 g/mol. The molecule has 4 bridgehead atoms. The standard InChI is InChI=1S/C20H30O4/c1-22-17-8-16(9-18(10-17)24-11-21)20(23-2)19-14-4-12-3-13(6-14)7-15(19)5-12/h11-18H,3-10H2,1-2H3. The Morgan fingerprint density at radius 2 is 1.50 bits per heavy atom. The molecule has 5 aliphatic carbocycles. The molecule has 0 heterocycles. The Morgan fingerprint density at radius 1 is 0.875 bits per heavy atom. The van der Waals surface area contributed by atoms with Crippen molar-refractivity contribution in [3.05, 3.63) is 11.3 Å². The van der Waals surface area contributed by atoms with E-state index < -0.39 is 0 Å². The minimum absolute atomic E-state index is 0.0474. The Hall–Kier alpha value is -1.03. The van der Waals surface area contributed by atoms with Crippen LogP contribution in [-0.4, -0.2) is 32.9 Å². The van der Waals surface area contributed by atoms with Crippen LogP contribution in [0, 0.1) is 29.6 Å². The van der Waals surface area contributed by atoms with E-state index in [1.165, 1.54) is 37.9 Å². The van der Waals surface area contributed by atoms with Crippen LogP contribution in [0.2, 0.25) is 0 Å². The molecule has 3 atom stereocenters. The molecule has 0 aromatic carbocycles. The summed E-state index contributed by atoms with van der Waals surface area (Å²) >= 11 is 0. The second-order valence-corrected chi connectivity index (χ2v) is 8.44. The van der Waals surface area contributed by atoms with Gasteiger partial charge in [0.25, 0.3) is 6.47 Å². The number of carbonyl (C=O) groups is 1. The zero-order chi connectivity index (χ0) is 16.7. The molecule has 24 heavy (non-hydrogen) atoms. The van der Waals surface area contributed by atoms with Crippen LogP contribution in [0.4, 0.5) is 0 Å². The molecule has 5 fully saturated rings. The van der Waals surface area contributed by atoms with Gasteiger partial charge in [0, 0.05) is 19.4 Å². The number of rotatable bonds is 5. The highest BCUT2D eigenvalue weighted by Crippen LogP contribution is 2.58. The number of hydrogen-bond acceptors (Lipinski definition) is 4. The third kappa shape index (κ3) is 2.87. The van der Waals surface area contributed by atoms with Gasteiger partial charge in [0.15, 0.2) is 0 Å². The van der Waals surface area contributed by atoms with E-state index in [9.17, 15) is 4.79 Å². The fourth-order valence-corrected chi connectivity index (χ4v) is 6.43. The lowest BCUT2D eigenvalue weighted by Gasteiger charge is -2.52. The lowest BCUT2D eigenvalue weighted by atomic mass is 9.53. The van der Waals surface area contributed by atoms with Gasteiger partial charge < -0.3 is 14.2 Å². The van der Waals surface area contributed by atoms with Crippen molar-refractivity contribution in [2.75, 3.05) is 14.2 Å². The van der Waals surface area contributed by atoms with Crippen molar-refractivity contribution < 1.29 is 19.0 Å². The fourth-order valence-electron chi connectivity index (χ4n) is 6.43. The molecule has 5 aliphatic rings. The lowest BCUT2D eigenvalue weighted by Crippen LogP contribution is -2.42. The summed E-state index contributed by atoms with van der Waals surface area (Å²) in [6.45, 7) is 0.586. The van der Waals surface area contributed by atoms with E-state index >= 15 is 0 Å². The van der Waals surface area contributed by atoms with E-state index in [2.05, 4.69) is 0 Å². The fraction of sp³-hybridized carbons (Fsp3) is 0.850. The first-order valence-electron chi connectivity index (χ1n) is 9.61. The van der Waals surface area contributed by atoms with Gasteiger partial charge in [0.05, 0.1) is 19.0 Å². The Bertz CT molecular complexity index is 482. The van der Waals surface area contributed by atoms with Crippen molar-refractivity contribution in [1.82, 2.24) is 0 Å². The van der Waals surface area contributed by atoms with Gasteiger partial charge in [-0.2, -0.15) is 0 Å². The van der Waals surface area contributed by atoms with Crippen LogP contribution in [0.25, 0.3) is 0 Å². The number of hydrogen-bond donors (Lipinski definition) is 0. The maximum atomic E-state index is 10.8. The average Bonchev–Trinajstić information content (AvgIpc) is 2.57. The van der Waals surface area contributed by atoms with Crippen LogP contribution < -0.4 is 0 Å². The van der Waals surface area contributed by atoms with E-state index in [1.807, 2.05) is 7.11 Å². The molecule has 0 N–H and O–H groups in total. The highest BCUT2D eigenvalue weighted by molar-refractivity contribution is 5.37. The van der Waals surface area contributed by atoms with Crippen molar-refractivity contribution in [2.24, 2.45) is 29.6 Å². The van der Waals surface area contributed by atoms with Crippen LogP contribution >= 0.6 is 0 Å². The Labute approximate surface area is 144 Å². The highest BCUT2D eigenvalue weighted by atomic mass is 16.5. The molecular formula is C20H30O4. The lowest BCUT2D eigenvalue weighted by molar-refractivity contribution is -0.138. The third-order valence-electron chi connectivity index (χ3n) is 7.09. The van der Waals surface area contributed by atoms with Gasteiger partial charge in [-0.15, -0.1) is 0 Å². The average molecular weight is 334 g/mol. The van der Waals surface area contributed by atoms with Gasteiger partial charge in [-0.3, -0.25) is 4.79 Å². The molecule has 0 saturated heterocycles. The van der Waals surface area contributed by atoms with Crippen molar-refractivity contribution >= 4 is 6.47 Å². The van der Waals surface area contributed by atoms with Gasteiger partial charge in [-0.1, -0.05) is 0 Å². The predicted molar refractivity (Wildman–Crippen MR) is 90.2 cm³/mol. The molecule has 3 unspecified atom stereocenters. The van der Waals surface area contributed by atoms with Crippen molar-refractivity contribution in [3.8, 4) is 0 Å². The Kier molecular flexibility index (Phi) is 4.59. The maximum absolute atomic E-state index is 10.8. The van der Waals surface area contributed by atoms with Gasteiger partial charge in [-0.05, 0) is 74.2 Å². The van der Waals surface area contributed by atoms with E-state index in [-0.39, 0.29) is 12.2 Å². The molecule has 0 radical (unpaired) electrons. The first-order chi connectivity index (χ1) is 11.7. The van der Waals surface area contributed by atoms with Crippen LogP contribution in [0.1, 0.15) is 51.4 Å². The summed E-state index contributed by atoms with van der Waals surface area (Å²) in [7, 11) is 3.59. The molecule has 5 rings (SSSR count). The summed E-state index contributed by atoms with van der Waals surface area (Å²) in [4.78, 5) is 10.8. The molecule has 0 spiro atoms. The van der Waals surface area contributed by atoms with Crippen molar-refractivity contribution in [3.63, 3.8) is 0 Å². The topological polar surface area (TPSA) is 44.8 Å². The number of ether oxygens (including phenoxy) is 3. The first kappa shape index (κ1) is 16.4. The predicted octanol–water partition coefficient (Wildman–Crippen LogP) is 3.70. The number of allylic oxidation sites excluding steroid dienone is 2. The van der Waals surface area contributed by atoms with E-state index in [1.54, 1.807) is 12.7 Å². The summed E-state index contributed by atoms with van der Waals surface area (Å²) in [6, 6.07) is 0. The highest BCUT2D eigenvalue weighted by Gasteiger charge is 2.48. The van der Waals surface area contributed by atoms with Crippen molar-refractivity contribution in [2.45, 2.75) is 63.6 Å². The molecule has 0 aliphatic heterocycles. The molecule has 5 saturated carbocycles. The zero-order valence-corrected chi connectivity index (χ0v) is 14.9. The molecule has 0 amide bonds. The van der Waals surface area contributed by atoms with E-state index in [4.69, 9.17) is 14.2 Å². The first-order valence-corrected chi connectivity index (χ1v) is 9.61. The molecule has 0 aromatic rings. The number of methoxy groups -OCH3 is 2. The number of carbonyl (C=O) groups excluding carboxylic acids is 1. The summed E-state index contributed by atoms with van der Waals surface area (Å²) in [5.41, 5.74) is 1.62. The van der Waals surface area contributed by atoms with E-state index in [0.717, 1.165) is 42.9 Å². The summed E-state index contributed by atoms with van der Waals surface area (Å²) in [5, 5.41) is 0. The van der Waals surface area contributed by atoms with Crippen molar-refractivity contribution in [1.29, 1.82) is 0 Å². The smallest absolute Gasteiger partial charge is 0.293 e. The zero-order valence-electron chi connectivity index (χ0n) is 14.9. The molecule has 0 aromatic heterocycles. The minimum atomic E-state index is -0.0474. The molecule has 4 heteroatoms. The largest absolute Gasteiger partial charge is 0.501 e. The van der Waals surface area contributed by atoms with Crippen LogP contribution in [0.3, 0.4) is 0 Å². The quantitative estimate of drug-likeness (QED) is 0.568. The Morgan fingerprint density at radius 3 is 2.04 bits per heavy atom. The van der Waals surface area contributed by atoms with Gasteiger partial charge in [0.1, 0.15) is 6.10 Å². The second-order valence-electron chi connectivity index (χ2n) is 8.44. The molecule has 134 valence electrons. The van der Waals surface area contributed by atoms with Crippen LogP contribution in [0.15, 0.2) is 11.3 Å². The van der Waals surface area contributed by atoms with Gasteiger partial charge in [0.2, 0.25) is 0 Å².